The number of halogens is 1. The predicted octanol–water partition coefficient (Wildman–Crippen LogP) is 3.76. The van der Waals surface area contributed by atoms with E-state index >= 15 is 0 Å². The Morgan fingerprint density at radius 1 is 0.846 bits per heavy atom. The van der Waals surface area contributed by atoms with Crippen LogP contribution in [-0.4, -0.2) is 47.7 Å². The Bertz CT molecular complexity index is 738. The van der Waals surface area contributed by atoms with Crippen LogP contribution in [0.15, 0.2) is 59.1 Å². The second-order valence-corrected chi connectivity index (χ2v) is 7.49. The van der Waals surface area contributed by atoms with Gasteiger partial charge in [-0.3, -0.25) is 14.5 Å². The van der Waals surface area contributed by atoms with Crippen molar-refractivity contribution in [2.75, 3.05) is 26.2 Å². The Balaban J connectivity index is 1.42. The monoisotopic (exact) mass is 414 g/mol. The molecule has 1 fully saturated rings. The van der Waals surface area contributed by atoms with E-state index in [4.69, 9.17) is 0 Å². The molecular formula is C21H23BrN2O2. The highest BCUT2D eigenvalue weighted by Crippen LogP contribution is 2.14. The Labute approximate surface area is 162 Å². The number of piperazine rings is 1. The fourth-order valence-corrected chi connectivity index (χ4v) is 3.42. The van der Waals surface area contributed by atoms with Gasteiger partial charge in [-0.05, 0) is 17.7 Å². The maximum atomic E-state index is 12.4. The predicted molar refractivity (Wildman–Crippen MR) is 106 cm³/mol. The summed E-state index contributed by atoms with van der Waals surface area (Å²) in [4.78, 5) is 28.9. The number of rotatable bonds is 6. The normalized spacial score (nSPS) is 15.0. The van der Waals surface area contributed by atoms with E-state index in [1.165, 1.54) is 5.56 Å². The zero-order valence-electron chi connectivity index (χ0n) is 14.7. The first kappa shape index (κ1) is 18.8. The van der Waals surface area contributed by atoms with Gasteiger partial charge in [0.25, 0.3) is 0 Å². The Hall–Kier alpha value is -1.98. The fraction of sp³-hybridized carbons (Fsp3) is 0.333. The molecule has 3 rings (SSSR count). The minimum Gasteiger partial charge on any atom is -0.340 e. The number of hydrogen-bond acceptors (Lipinski definition) is 3. The number of carbonyl (C=O) groups excluding carboxylic acids is 2. The molecule has 0 atom stereocenters. The molecule has 1 aliphatic heterocycles. The lowest BCUT2D eigenvalue weighted by Crippen LogP contribution is -2.48. The van der Waals surface area contributed by atoms with Crippen LogP contribution < -0.4 is 0 Å². The number of ketones is 1. The Morgan fingerprint density at radius 2 is 1.50 bits per heavy atom. The number of carbonyl (C=O) groups is 2. The van der Waals surface area contributed by atoms with Crippen LogP contribution in [0.1, 0.15) is 28.8 Å². The number of Topliss-reactive ketones (excluding diaryl/α,β-unsaturated/α-hetero) is 1. The van der Waals surface area contributed by atoms with Gasteiger partial charge in [0.15, 0.2) is 5.78 Å². The Kier molecular flexibility index (Phi) is 6.58. The van der Waals surface area contributed by atoms with Gasteiger partial charge in [0.2, 0.25) is 5.91 Å². The third-order valence-electron chi connectivity index (χ3n) is 4.71. The van der Waals surface area contributed by atoms with Crippen molar-refractivity contribution in [2.45, 2.75) is 19.4 Å². The van der Waals surface area contributed by atoms with E-state index in [2.05, 4.69) is 45.1 Å². The molecule has 2 aromatic carbocycles. The third kappa shape index (κ3) is 5.26. The van der Waals surface area contributed by atoms with E-state index in [0.717, 1.165) is 37.2 Å². The summed E-state index contributed by atoms with van der Waals surface area (Å²) in [5, 5.41) is 0. The number of hydrogen-bond donors (Lipinski definition) is 0. The zero-order valence-corrected chi connectivity index (χ0v) is 16.3. The van der Waals surface area contributed by atoms with Crippen LogP contribution in [0.4, 0.5) is 0 Å². The molecular weight excluding hydrogens is 392 g/mol. The molecule has 0 bridgehead atoms. The molecule has 1 amide bonds. The highest BCUT2D eigenvalue weighted by molar-refractivity contribution is 9.10. The van der Waals surface area contributed by atoms with Gasteiger partial charge >= 0.3 is 0 Å². The molecule has 0 saturated carbocycles. The van der Waals surface area contributed by atoms with Gasteiger partial charge < -0.3 is 4.90 Å². The van der Waals surface area contributed by atoms with Crippen LogP contribution in [0, 0.1) is 0 Å². The van der Waals surface area contributed by atoms with Crippen molar-refractivity contribution in [2.24, 2.45) is 0 Å². The first-order valence-electron chi connectivity index (χ1n) is 8.94. The highest BCUT2D eigenvalue weighted by atomic mass is 79.9. The van der Waals surface area contributed by atoms with Crippen molar-refractivity contribution in [3.63, 3.8) is 0 Å². The summed E-state index contributed by atoms with van der Waals surface area (Å²) in [5.41, 5.74) is 1.96. The van der Waals surface area contributed by atoms with Gasteiger partial charge in [0.1, 0.15) is 0 Å². The van der Waals surface area contributed by atoms with Crippen molar-refractivity contribution in [3.05, 3.63) is 70.2 Å². The topological polar surface area (TPSA) is 40.6 Å². The van der Waals surface area contributed by atoms with E-state index in [1.54, 1.807) is 12.1 Å². The SMILES string of the molecule is O=C(CCC(=O)N1CCN(Cc2ccccc2)CC1)c1ccc(Br)cc1. The van der Waals surface area contributed by atoms with Crippen LogP contribution in [0.25, 0.3) is 0 Å². The second-order valence-electron chi connectivity index (χ2n) is 6.57. The lowest BCUT2D eigenvalue weighted by molar-refractivity contribution is -0.132. The number of amides is 1. The molecule has 26 heavy (non-hydrogen) atoms. The maximum absolute atomic E-state index is 12.4. The van der Waals surface area contributed by atoms with E-state index in [-0.39, 0.29) is 24.5 Å². The fourth-order valence-electron chi connectivity index (χ4n) is 3.16. The number of nitrogens with zero attached hydrogens (tertiary/aromatic N) is 2. The van der Waals surface area contributed by atoms with Crippen LogP contribution >= 0.6 is 15.9 Å². The molecule has 0 radical (unpaired) electrons. The number of benzene rings is 2. The summed E-state index contributed by atoms with van der Waals surface area (Å²) in [7, 11) is 0. The smallest absolute Gasteiger partial charge is 0.223 e. The largest absolute Gasteiger partial charge is 0.340 e. The highest BCUT2D eigenvalue weighted by Gasteiger charge is 2.21. The molecule has 0 aromatic heterocycles. The van der Waals surface area contributed by atoms with E-state index < -0.39 is 0 Å². The van der Waals surface area contributed by atoms with Gasteiger partial charge in [0.05, 0.1) is 0 Å². The molecule has 0 N–H and O–H groups in total. The van der Waals surface area contributed by atoms with Crippen molar-refractivity contribution >= 4 is 27.6 Å². The van der Waals surface area contributed by atoms with Crippen LogP contribution in [0.2, 0.25) is 0 Å². The van der Waals surface area contributed by atoms with Crippen LogP contribution in [-0.2, 0) is 11.3 Å². The average molecular weight is 415 g/mol. The molecule has 0 unspecified atom stereocenters. The lowest BCUT2D eigenvalue weighted by atomic mass is 10.1. The Morgan fingerprint density at radius 3 is 2.15 bits per heavy atom. The van der Waals surface area contributed by atoms with Gasteiger partial charge in [0, 0.05) is 55.6 Å². The maximum Gasteiger partial charge on any atom is 0.223 e. The van der Waals surface area contributed by atoms with Crippen molar-refractivity contribution < 1.29 is 9.59 Å². The summed E-state index contributed by atoms with van der Waals surface area (Å²) in [6, 6.07) is 17.7. The van der Waals surface area contributed by atoms with Crippen LogP contribution in [0.3, 0.4) is 0 Å². The molecule has 136 valence electrons. The average Bonchev–Trinajstić information content (AvgIpc) is 2.68. The quantitative estimate of drug-likeness (QED) is 0.675. The summed E-state index contributed by atoms with van der Waals surface area (Å²) in [5.74, 6) is 0.100. The molecule has 1 aliphatic rings. The van der Waals surface area contributed by atoms with Crippen LogP contribution in [0.5, 0.6) is 0 Å². The minimum absolute atomic E-state index is 0.0218. The van der Waals surface area contributed by atoms with Crippen molar-refractivity contribution in [1.82, 2.24) is 9.80 Å². The standard InChI is InChI=1S/C21H23BrN2O2/c22-19-8-6-18(7-9-19)20(25)10-11-21(26)24-14-12-23(13-15-24)16-17-4-2-1-3-5-17/h1-9H,10-16H2. The summed E-state index contributed by atoms with van der Waals surface area (Å²) < 4.78 is 0.943. The van der Waals surface area contributed by atoms with E-state index in [0.29, 0.717) is 5.56 Å². The molecule has 1 saturated heterocycles. The molecule has 5 heteroatoms. The molecule has 1 heterocycles. The van der Waals surface area contributed by atoms with Crippen molar-refractivity contribution in [3.8, 4) is 0 Å². The summed E-state index contributed by atoms with van der Waals surface area (Å²) >= 11 is 3.36. The van der Waals surface area contributed by atoms with Gasteiger partial charge in [-0.15, -0.1) is 0 Å². The van der Waals surface area contributed by atoms with Gasteiger partial charge in [-0.25, -0.2) is 0 Å². The first-order valence-corrected chi connectivity index (χ1v) is 9.74. The van der Waals surface area contributed by atoms with E-state index in [1.807, 2.05) is 23.1 Å². The summed E-state index contributed by atoms with van der Waals surface area (Å²) in [6.45, 7) is 4.14. The zero-order chi connectivity index (χ0) is 18.4. The third-order valence-corrected chi connectivity index (χ3v) is 5.23. The second kappa shape index (κ2) is 9.10. The van der Waals surface area contributed by atoms with Crippen molar-refractivity contribution in [1.29, 1.82) is 0 Å². The lowest BCUT2D eigenvalue weighted by Gasteiger charge is -2.34. The summed E-state index contributed by atoms with van der Waals surface area (Å²) in [6.07, 6.45) is 0.554. The van der Waals surface area contributed by atoms with Gasteiger partial charge in [-0.1, -0.05) is 58.4 Å². The van der Waals surface area contributed by atoms with Gasteiger partial charge in [-0.2, -0.15) is 0 Å². The first-order chi connectivity index (χ1) is 12.6. The molecule has 2 aromatic rings. The molecule has 0 spiro atoms. The van der Waals surface area contributed by atoms with E-state index in [9.17, 15) is 9.59 Å². The minimum atomic E-state index is 0.0218. The molecule has 4 nitrogen and oxygen atoms in total. The molecule has 0 aliphatic carbocycles.